The Balaban J connectivity index is 1.89. The number of aromatic nitrogens is 3. The maximum absolute atomic E-state index is 5.87. The van der Waals surface area contributed by atoms with Gasteiger partial charge in [-0.25, -0.2) is 0 Å². The second-order valence-electron chi connectivity index (χ2n) is 5.37. The number of benzene rings is 1. The van der Waals surface area contributed by atoms with Gasteiger partial charge in [-0.2, -0.15) is 0 Å². The number of nitrogens with two attached hydrogens (primary N) is 1. The van der Waals surface area contributed by atoms with Crippen LogP contribution in [0.25, 0.3) is 17.8 Å². The van der Waals surface area contributed by atoms with Crippen LogP contribution in [0.1, 0.15) is 36.7 Å². The molecule has 0 saturated carbocycles. The first-order valence-electron chi connectivity index (χ1n) is 7.02. The molecule has 4 nitrogen and oxygen atoms in total. The Morgan fingerprint density at radius 2 is 1.81 bits per heavy atom. The summed E-state index contributed by atoms with van der Waals surface area (Å²) >= 11 is 0. The van der Waals surface area contributed by atoms with E-state index >= 15 is 0 Å². The third-order valence-corrected chi connectivity index (χ3v) is 3.52. The lowest BCUT2D eigenvalue weighted by Gasteiger charge is -2.04. The molecule has 0 bridgehead atoms. The zero-order valence-corrected chi connectivity index (χ0v) is 12.2. The summed E-state index contributed by atoms with van der Waals surface area (Å²) in [4.78, 5) is 0. The average molecular weight is 278 g/mol. The number of rotatable bonds is 3. The molecule has 2 heterocycles. The lowest BCUT2D eigenvalue weighted by molar-refractivity contribution is 0.866. The molecule has 0 amide bonds. The number of nitrogen functional groups attached to an aromatic ring is 1. The summed E-state index contributed by atoms with van der Waals surface area (Å²) in [5.41, 5.74) is 9.67. The van der Waals surface area contributed by atoms with E-state index in [-0.39, 0.29) is 0 Å². The second kappa shape index (κ2) is 5.40. The third-order valence-electron chi connectivity index (χ3n) is 3.52. The van der Waals surface area contributed by atoms with Gasteiger partial charge in [0.2, 0.25) is 0 Å². The molecule has 0 unspecified atom stereocenters. The predicted molar refractivity (Wildman–Crippen MR) is 86.9 cm³/mol. The highest BCUT2D eigenvalue weighted by Crippen LogP contribution is 2.17. The van der Waals surface area contributed by atoms with Gasteiger partial charge < -0.3 is 5.73 Å². The molecule has 2 aromatic heterocycles. The van der Waals surface area contributed by atoms with Gasteiger partial charge in [-0.15, -0.1) is 10.2 Å². The number of fused-ring (bicyclic) bond motifs is 1. The minimum absolute atomic E-state index is 0.548. The molecule has 1 aromatic carbocycles. The molecule has 0 atom stereocenters. The molecule has 0 saturated heterocycles. The Labute approximate surface area is 123 Å². The molecule has 0 aliphatic rings. The predicted octanol–water partition coefficient (Wildman–Crippen LogP) is 3.61. The smallest absolute Gasteiger partial charge is 0.184 e. The molecule has 0 spiro atoms. The van der Waals surface area contributed by atoms with E-state index in [1.54, 1.807) is 0 Å². The first-order valence-corrected chi connectivity index (χ1v) is 7.02. The van der Waals surface area contributed by atoms with Gasteiger partial charge in [0, 0.05) is 6.20 Å². The molecule has 0 fully saturated rings. The van der Waals surface area contributed by atoms with E-state index in [1.165, 1.54) is 5.56 Å². The van der Waals surface area contributed by atoms with Gasteiger partial charge in [-0.1, -0.05) is 44.2 Å². The summed E-state index contributed by atoms with van der Waals surface area (Å²) in [6.45, 7) is 4.38. The molecule has 2 N–H and O–H groups in total. The maximum Gasteiger partial charge on any atom is 0.184 e. The highest BCUT2D eigenvalue weighted by atomic mass is 15.2. The molecule has 0 radical (unpaired) electrons. The van der Waals surface area contributed by atoms with Crippen molar-refractivity contribution >= 4 is 23.5 Å². The van der Waals surface area contributed by atoms with Crippen molar-refractivity contribution in [3.8, 4) is 0 Å². The van der Waals surface area contributed by atoms with Crippen molar-refractivity contribution in [2.24, 2.45) is 0 Å². The third kappa shape index (κ3) is 2.65. The fourth-order valence-electron chi connectivity index (χ4n) is 2.23. The summed E-state index contributed by atoms with van der Waals surface area (Å²) < 4.78 is 1.88. The number of anilines is 1. The first kappa shape index (κ1) is 13.4. The van der Waals surface area contributed by atoms with Crippen LogP contribution in [0.3, 0.4) is 0 Å². The zero-order chi connectivity index (χ0) is 14.8. The SMILES string of the molecule is CC(C)c1ccc(/C=C/c2nnc3c(N)cccn23)cc1. The lowest BCUT2D eigenvalue weighted by Crippen LogP contribution is -1.92. The molecule has 106 valence electrons. The summed E-state index contributed by atoms with van der Waals surface area (Å²) in [5, 5.41) is 8.27. The molecule has 4 heteroatoms. The monoisotopic (exact) mass is 278 g/mol. The van der Waals surface area contributed by atoms with Crippen molar-refractivity contribution in [1.29, 1.82) is 0 Å². The van der Waals surface area contributed by atoms with E-state index in [0.717, 1.165) is 11.4 Å². The molecule has 21 heavy (non-hydrogen) atoms. The average Bonchev–Trinajstić information content (AvgIpc) is 2.90. The zero-order valence-electron chi connectivity index (χ0n) is 12.2. The van der Waals surface area contributed by atoms with E-state index < -0.39 is 0 Å². The minimum Gasteiger partial charge on any atom is -0.396 e. The first-order chi connectivity index (χ1) is 10.1. The van der Waals surface area contributed by atoms with E-state index in [1.807, 2.05) is 34.9 Å². The molecule has 0 aliphatic heterocycles. The Bertz CT molecular complexity index is 782. The van der Waals surface area contributed by atoms with Gasteiger partial charge in [0.15, 0.2) is 11.5 Å². The van der Waals surface area contributed by atoms with E-state index in [4.69, 9.17) is 5.73 Å². The van der Waals surface area contributed by atoms with Gasteiger partial charge in [-0.3, -0.25) is 4.40 Å². The molecule has 3 aromatic rings. The Hall–Kier alpha value is -2.62. The molecule has 0 aliphatic carbocycles. The van der Waals surface area contributed by atoms with Crippen LogP contribution in [0, 0.1) is 0 Å². The van der Waals surface area contributed by atoms with Crippen LogP contribution in [0.4, 0.5) is 5.69 Å². The Morgan fingerprint density at radius 1 is 1.05 bits per heavy atom. The van der Waals surface area contributed by atoms with Gasteiger partial charge in [0.25, 0.3) is 0 Å². The van der Waals surface area contributed by atoms with Gasteiger partial charge in [0.1, 0.15) is 0 Å². The summed E-state index contributed by atoms with van der Waals surface area (Å²) in [6.07, 6.45) is 5.89. The van der Waals surface area contributed by atoms with Crippen LogP contribution in [0.5, 0.6) is 0 Å². The van der Waals surface area contributed by atoms with E-state index in [2.05, 4.69) is 48.3 Å². The van der Waals surface area contributed by atoms with Crippen molar-refractivity contribution in [3.63, 3.8) is 0 Å². The van der Waals surface area contributed by atoms with Crippen LogP contribution in [0.15, 0.2) is 42.6 Å². The molecule has 3 rings (SSSR count). The van der Waals surface area contributed by atoms with Crippen LogP contribution < -0.4 is 5.73 Å². The summed E-state index contributed by atoms with van der Waals surface area (Å²) in [6, 6.07) is 12.3. The molecular weight excluding hydrogens is 260 g/mol. The number of hydrogen-bond acceptors (Lipinski definition) is 3. The quantitative estimate of drug-likeness (QED) is 0.796. The summed E-state index contributed by atoms with van der Waals surface area (Å²) in [7, 11) is 0. The van der Waals surface area contributed by atoms with Crippen molar-refractivity contribution in [1.82, 2.24) is 14.6 Å². The summed E-state index contributed by atoms with van der Waals surface area (Å²) in [5.74, 6) is 1.32. The highest BCUT2D eigenvalue weighted by Gasteiger charge is 2.04. The standard InChI is InChI=1S/C17H18N4/c1-12(2)14-8-5-13(6-9-14)7-10-16-19-20-17-15(18)4-3-11-21(16)17/h3-12H,18H2,1-2H3/b10-7+. The molecular formula is C17H18N4. The van der Waals surface area contributed by atoms with E-state index in [0.29, 0.717) is 17.3 Å². The van der Waals surface area contributed by atoms with E-state index in [9.17, 15) is 0 Å². The van der Waals surface area contributed by atoms with Gasteiger partial charge in [0.05, 0.1) is 5.69 Å². The largest absolute Gasteiger partial charge is 0.396 e. The van der Waals surface area contributed by atoms with Crippen LogP contribution in [-0.4, -0.2) is 14.6 Å². The number of nitrogens with zero attached hydrogens (tertiary/aromatic N) is 3. The highest BCUT2D eigenvalue weighted by molar-refractivity contribution is 5.70. The second-order valence-corrected chi connectivity index (χ2v) is 5.37. The fourth-order valence-corrected chi connectivity index (χ4v) is 2.23. The topological polar surface area (TPSA) is 56.2 Å². The number of hydrogen-bond donors (Lipinski definition) is 1. The van der Waals surface area contributed by atoms with Crippen molar-refractivity contribution in [3.05, 3.63) is 59.5 Å². The van der Waals surface area contributed by atoms with Gasteiger partial charge >= 0.3 is 0 Å². The van der Waals surface area contributed by atoms with Crippen LogP contribution >= 0.6 is 0 Å². The fraction of sp³-hybridized carbons (Fsp3) is 0.176. The Morgan fingerprint density at radius 3 is 2.52 bits per heavy atom. The Kier molecular flexibility index (Phi) is 3.44. The van der Waals surface area contributed by atoms with Crippen LogP contribution in [0.2, 0.25) is 0 Å². The van der Waals surface area contributed by atoms with Gasteiger partial charge in [-0.05, 0) is 35.3 Å². The van der Waals surface area contributed by atoms with Crippen LogP contribution in [-0.2, 0) is 0 Å². The maximum atomic E-state index is 5.87. The van der Waals surface area contributed by atoms with Crippen molar-refractivity contribution in [2.45, 2.75) is 19.8 Å². The lowest BCUT2D eigenvalue weighted by atomic mass is 10.0. The van der Waals surface area contributed by atoms with Crippen molar-refractivity contribution < 1.29 is 0 Å². The van der Waals surface area contributed by atoms with Crippen molar-refractivity contribution in [2.75, 3.05) is 5.73 Å². The minimum atomic E-state index is 0.548. The normalized spacial score (nSPS) is 11.8. The number of pyridine rings is 1.